The van der Waals surface area contributed by atoms with Crippen LogP contribution in [0.15, 0.2) is 35.2 Å². The highest BCUT2D eigenvalue weighted by Crippen LogP contribution is 2.11. The highest BCUT2D eigenvalue weighted by Gasteiger charge is 2.20. The van der Waals surface area contributed by atoms with Gasteiger partial charge in [-0.15, -0.1) is 0 Å². The van der Waals surface area contributed by atoms with E-state index >= 15 is 0 Å². The molecule has 1 N–H and O–H groups in total. The molecule has 0 spiro atoms. The van der Waals surface area contributed by atoms with E-state index in [0.29, 0.717) is 0 Å². The van der Waals surface area contributed by atoms with E-state index in [-0.39, 0.29) is 4.90 Å². The molecule has 0 aliphatic rings. The summed E-state index contributed by atoms with van der Waals surface area (Å²) in [6.07, 6.45) is 0. The van der Waals surface area contributed by atoms with Crippen molar-refractivity contribution in [1.29, 1.82) is 0 Å². The summed E-state index contributed by atoms with van der Waals surface area (Å²) in [6.45, 7) is 0. The van der Waals surface area contributed by atoms with Gasteiger partial charge in [-0.2, -0.15) is 0 Å². The second-order valence-corrected chi connectivity index (χ2v) is 7.33. The zero-order valence-electron chi connectivity index (χ0n) is 7.35. The quantitative estimate of drug-likeness (QED) is 0.837. The summed E-state index contributed by atoms with van der Waals surface area (Å²) in [7, 11) is -3.76. The van der Waals surface area contributed by atoms with E-state index < -0.39 is 19.7 Å². The van der Waals surface area contributed by atoms with Gasteiger partial charge < -0.3 is 0 Å². The number of sulfonamides is 1. The Bertz CT molecular complexity index is 444. The van der Waals surface area contributed by atoms with Crippen molar-refractivity contribution in [1.82, 2.24) is 4.72 Å². The van der Waals surface area contributed by atoms with Crippen LogP contribution >= 0.6 is 31.9 Å². The number of halogens is 2. The van der Waals surface area contributed by atoms with Crippen molar-refractivity contribution in [3.63, 3.8) is 0 Å². The summed E-state index contributed by atoms with van der Waals surface area (Å²) < 4.78 is 24.3. The molecule has 0 radical (unpaired) electrons. The lowest BCUT2D eigenvalue weighted by atomic mass is 10.4. The lowest BCUT2D eigenvalue weighted by molar-refractivity contribution is -0.117. The molecule has 1 amide bonds. The van der Waals surface area contributed by atoms with Crippen LogP contribution in [0.25, 0.3) is 0 Å². The average Bonchev–Trinajstić information content (AvgIpc) is 2.18. The molecule has 0 bridgehead atoms. The van der Waals surface area contributed by atoms with Gasteiger partial charge in [-0.05, 0) is 12.1 Å². The van der Waals surface area contributed by atoms with Crippen molar-refractivity contribution in [2.75, 3.05) is 0 Å². The van der Waals surface area contributed by atoms with E-state index in [2.05, 4.69) is 31.9 Å². The van der Waals surface area contributed by atoms with Crippen molar-refractivity contribution >= 4 is 47.8 Å². The van der Waals surface area contributed by atoms with Gasteiger partial charge in [-0.25, -0.2) is 13.1 Å². The summed E-state index contributed by atoms with van der Waals surface area (Å²) in [5, 5.41) is 0. The van der Waals surface area contributed by atoms with Gasteiger partial charge in [0, 0.05) is 0 Å². The molecule has 0 heterocycles. The first-order valence-corrected chi connectivity index (χ1v) is 7.15. The van der Waals surface area contributed by atoms with Crippen LogP contribution in [0.4, 0.5) is 0 Å². The Morgan fingerprint density at radius 3 is 2.20 bits per heavy atom. The van der Waals surface area contributed by atoms with Gasteiger partial charge in [0.05, 0.1) is 4.90 Å². The van der Waals surface area contributed by atoms with Crippen LogP contribution in [0.2, 0.25) is 0 Å². The van der Waals surface area contributed by atoms with Crippen molar-refractivity contribution in [3.8, 4) is 0 Å². The number of rotatable bonds is 3. The summed E-state index contributed by atoms with van der Waals surface area (Å²) >= 11 is 5.81. The predicted molar refractivity (Wildman–Crippen MR) is 63.4 cm³/mol. The van der Waals surface area contributed by atoms with Gasteiger partial charge in [0.2, 0.25) is 0 Å². The number of carbonyl (C=O) groups is 1. The van der Waals surface area contributed by atoms with Crippen molar-refractivity contribution in [3.05, 3.63) is 30.3 Å². The largest absolute Gasteiger partial charge is 0.272 e. The minimum atomic E-state index is -3.76. The highest BCUT2D eigenvalue weighted by atomic mass is 79.9. The zero-order valence-corrected chi connectivity index (χ0v) is 11.3. The summed E-state index contributed by atoms with van der Waals surface area (Å²) in [4.78, 5) is 11.2. The molecule has 82 valence electrons. The third-order valence-corrected chi connectivity index (χ3v) is 3.68. The number of benzene rings is 1. The molecular formula is C8H7Br2NO3S. The molecule has 15 heavy (non-hydrogen) atoms. The van der Waals surface area contributed by atoms with E-state index in [4.69, 9.17) is 0 Å². The van der Waals surface area contributed by atoms with Gasteiger partial charge in [-0.1, -0.05) is 50.1 Å². The Labute approximate surface area is 104 Å². The third-order valence-electron chi connectivity index (χ3n) is 1.49. The van der Waals surface area contributed by atoms with E-state index in [1.807, 2.05) is 4.72 Å². The van der Waals surface area contributed by atoms with Gasteiger partial charge in [0.25, 0.3) is 15.9 Å². The lowest BCUT2D eigenvalue weighted by Crippen LogP contribution is -2.33. The molecule has 1 aromatic carbocycles. The molecule has 1 rings (SSSR count). The molecule has 0 atom stereocenters. The summed E-state index contributed by atoms with van der Waals surface area (Å²) in [5.74, 6) is -0.668. The lowest BCUT2D eigenvalue weighted by Gasteiger charge is -2.06. The molecule has 1 aromatic rings. The highest BCUT2D eigenvalue weighted by molar-refractivity contribution is 9.25. The smallest absolute Gasteiger partial charge is 0.264 e. The second-order valence-electron chi connectivity index (χ2n) is 2.58. The first-order chi connectivity index (χ1) is 6.93. The van der Waals surface area contributed by atoms with Gasteiger partial charge in [-0.3, -0.25) is 4.79 Å². The number of nitrogens with one attached hydrogen (secondary N) is 1. The Balaban J connectivity index is 2.91. The van der Waals surface area contributed by atoms with Crippen LogP contribution in [0.3, 0.4) is 0 Å². The molecule has 4 nitrogen and oxygen atoms in total. The maximum Gasteiger partial charge on any atom is 0.264 e. The molecule has 0 aromatic heterocycles. The maximum atomic E-state index is 11.6. The molecule has 0 saturated carbocycles. The Morgan fingerprint density at radius 2 is 1.73 bits per heavy atom. The van der Waals surface area contributed by atoms with Crippen LogP contribution in [-0.4, -0.2) is 18.1 Å². The number of hydrogen-bond acceptors (Lipinski definition) is 3. The second kappa shape index (κ2) is 5.09. The Kier molecular flexibility index (Phi) is 4.30. The molecule has 0 aliphatic heterocycles. The van der Waals surface area contributed by atoms with Crippen LogP contribution in [-0.2, 0) is 14.8 Å². The standard InChI is InChI=1S/C8H7Br2NO3S/c9-7(10)8(12)11-15(13,14)6-4-2-1-3-5-6/h1-5,7H,(H,11,12). The number of carbonyl (C=O) groups excluding carboxylic acids is 1. The fourth-order valence-corrected chi connectivity index (χ4v) is 2.38. The van der Waals surface area contributed by atoms with E-state index in [9.17, 15) is 13.2 Å². The molecule has 0 fully saturated rings. The normalized spacial score (nSPS) is 11.4. The molecule has 0 unspecified atom stereocenters. The monoisotopic (exact) mass is 355 g/mol. The fraction of sp³-hybridized carbons (Fsp3) is 0.125. The summed E-state index contributed by atoms with van der Waals surface area (Å²) in [6, 6.07) is 7.68. The first-order valence-electron chi connectivity index (χ1n) is 3.83. The third kappa shape index (κ3) is 3.58. The molecular weight excluding hydrogens is 350 g/mol. The van der Waals surface area contributed by atoms with Crippen molar-refractivity contribution < 1.29 is 13.2 Å². The molecule has 7 heteroatoms. The minimum absolute atomic E-state index is 0.0546. The van der Waals surface area contributed by atoms with E-state index in [0.717, 1.165) is 0 Å². The first kappa shape index (κ1) is 12.7. The fourth-order valence-electron chi connectivity index (χ4n) is 0.836. The van der Waals surface area contributed by atoms with Gasteiger partial charge in [0.1, 0.15) is 3.74 Å². The van der Waals surface area contributed by atoms with E-state index in [1.165, 1.54) is 12.1 Å². The topological polar surface area (TPSA) is 63.2 Å². The zero-order chi connectivity index (χ0) is 11.5. The Morgan fingerprint density at radius 1 is 1.20 bits per heavy atom. The average molecular weight is 357 g/mol. The number of alkyl halides is 2. The van der Waals surface area contributed by atoms with Crippen molar-refractivity contribution in [2.24, 2.45) is 0 Å². The van der Waals surface area contributed by atoms with Gasteiger partial charge >= 0.3 is 0 Å². The SMILES string of the molecule is O=C(NS(=O)(=O)c1ccccc1)C(Br)Br. The number of hydrogen-bond donors (Lipinski definition) is 1. The molecule has 0 saturated heterocycles. The van der Waals surface area contributed by atoms with Crippen LogP contribution < -0.4 is 4.72 Å². The summed E-state index contributed by atoms with van der Waals surface area (Å²) in [5.41, 5.74) is 0. The van der Waals surface area contributed by atoms with Crippen molar-refractivity contribution in [2.45, 2.75) is 8.63 Å². The predicted octanol–water partition coefficient (Wildman–Crippen LogP) is 1.61. The Hall–Kier alpha value is -0.400. The van der Waals surface area contributed by atoms with Crippen LogP contribution in [0.1, 0.15) is 0 Å². The van der Waals surface area contributed by atoms with Crippen LogP contribution in [0, 0.1) is 0 Å². The minimum Gasteiger partial charge on any atom is -0.272 e. The van der Waals surface area contributed by atoms with E-state index in [1.54, 1.807) is 18.2 Å². The molecule has 0 aliphatic carbocycles. The maximum absolute atomic E-state index is 11.6. The van der Waals surface area contributed by atoms with Gasteiger partial charge in [0.15, 0.2) is 0 Å². The van der Waals surface area contributed by atoms with Crippen LogP contribution in [0.5, 0.6) is 0 Å². The number of amides is 1.